The van der Waals surface area contributed by atoms with Gasteiger partial charge in [0.25, 0.3) is 0 Å². The van der Waals surface area contributed by atoms with Gasteiger partial charge < -0.3 is 5.32 Å². The van der Waals surface area contributed by atoms with Crippen LogP contribution in [0.25, 0.3) is 0 Å². The van der Waals surface area contributed by atoms with Crippen molar-refractivity contribution in [1.82, 2.24) is 10.3 Å². The highest BCUT2D eigenvalue weighted by atomic mass is 35.5. The zero-order chi connectivity index (χ0) is 23.4. The van der Waals surface area contributed by atoms with E-state index in [1.807, 2.05) is 42.1 Å². The van der Waals surface area contributed by atoms with Crippen LogP contribution in [0.15, 0.2) is 88.5 Å². The fourth-order valence-electron chi connectivity index (χ4n) is 4.58. The Morgan fingerprint density at radius 3 is 2.62 bits per heavy atom. The number of pyridine rings is 1. The molecule has 2 unspecified atom stereocenters. The van der Waals surface area contributed by atoms with Crippen molar-refractivity contribution in [3.05, 3.63) is 117 Å². The first kappa shape index (κ1) is 23.6. The molecular weight excluding hydrogens is 483 g/mol. The molecule has 4 aromatic rings. The van der Waals surface area contributed by atoms with Crippen LogP contribution in [0.2, 0.25) is 5.02 Å². The molecule has 1 fully saturated rings. The third kappa shape index (κ3) is 5.23. The molecule has 3 heterocycles. The van der Waals surface area contributed by atoms with Crippen LogP contribution in [0.1, 0.15) is 35.4 Å². The normalized spacial score (nSPS) is 20.4. The number of nitrogens with zero attached hydrogens (tertiary/aromatic N) is 1. The van der Waals surface area contributed by atoms with Crippen molar-refractivity contribution in [3.63, 3.8) is 0 Å². The molecule has 2 nitrogen and oxygen atoms in total. The fraction of sp³-hybridized carbons (Fsp3) is 0.250. The lowest BCUT2D eigenvalue weighted by Crippen LogP contribution is -2.50. The number of hydrogen-bond acceptors (Lipinski definition) is 4. The molecule has 0 saturated carbocycles. The molecule has 2 aromatic carbocycles. The minimum atomic E-state index is -0.288. The van der Waals surface area contributed by atoms with Crippen LogP contribution in [0, 0.1) is 5.82 Å². The van der Waals surface area contributed by atoms with Crippen LogP contribution in [-0.2, 0) is 18.4 Å². The zero-order valence-electron chi connectivity index (χ0n) is 18.7. The van der Waals surface area contributed by atoms with E-state index in [2.05, 4.69) is 46.4 Å². The molecule has 1 saturated heterocycles. The number of thiophene rings is 1. The number of piperidine rings is 1. The van der Waals surface area contributed by atoms with E-state index in [0.717, 1.165) is 59.1 Å². The first-order chi connectivity index (χ1) is 16.6. The summed E-state index contributed by atoms with van der Waals surface area (Å²) in [6.45, 7) is 0.882. The fourth-order valence-corrected chi connectivity index (χ4v) is 6.68. The number of aromatic nitrogens is 1. The Kier molecular flexibility index (Phi) is 7.35. The molecule has 5 rings (SSSR count). The third-order valence-electron chi connectivity index (χ3n) is 6.44. The van der Waals surface area contributed by atoms with Crippen LogP contribution in [0.3, 0.4) is 0 Å². The molecule has 34 heavy (non-hydrogen) atoms. The SMILES string of the molecule is Fc1ccc(CCc2cccc(C3(c4ccsc4)CCC(Sc4ccccc4Cl)CN3)n2)cc1. The third-order valence-corrected chi connectivity index (χ3v) is 8.91. The number of rotatable bonds is 7. The standard InChI is InChI=1S/C28H26ClFN2S2/c29-25-5-1-2-6-26(25)34-24-14-16-28(31-18-24,21-15-17-33-19-21)27-7-3-4-23(32-27)13-10-20-8-11-22(30)12-9-20/h1-9,11-12,15,17,19,24,31H,10,13-14,16,18H2. The predicted molar refractivity (Wildman–Crippen MR) is 141 cm³/mol. The van der Waals surface area contributed by atoms with Crippen LogP contribution in [0.4, 0.5) is 4.39 Å². The summed E-state index contributed by atoms with van der Waals surface area (Å²) in [5.74, 6) is -0.198. The summed E-state index contributed by atoms with van der Waals surface area (Å²) in [4.78, 5) is 6.26. The number of thioether (sulfide) groups is 1. The van der Waals surface area contributed by atoms with Crippen LogP contribution in [0.5, 0.6) is 0 Å². The van der Waals surface area contributed by atoms with Gasteiger partial charge in [0.2, 0.25) is 0 Å². The molecule has 0 bridgehead atoms. The lowest BCUT2D eigenvalue weighted by atomic mass is 9.80. The number of nitrogens with one attached hydrogen (secondary N) is 1. The highest BCUT2D eigenvalue weighted by Crippen LogP contribution is 2.41. The summed E-state index contributed by atoms with van der Waals surface area (Å²) in [6.07, 6.45) is 3.71. The maximum atomic E-state index is 13.2. The van der Waals surface area contributed by atoms with Crippen molar-refractivity contribution < 1.29 is 4.39 Å². The average Bonchev–Trinajstić information content (AvgIpc) is 3.42. The molecule has 2 atom stereocenters. The van der Waals surface area contributed by atoms with Gasteiger partial charge in [0.1, 0.15) is 5.82 Å². The first-order valence-electron chi connectivity index (χ1n) is 11.5. The van der Waals surface area contributed by atoms with Gasteiger partial charge in [0.05, 0.1) is 16.3 Å². The van der Waals surface area contributed by atoms with Crippen molar-refractivity contribution in [2.75, 3.05) is 6.54 Å². The van der Waals surface area contributed by atoms with Crippen LogP contribution >= 0.6 is 34.7 Å². The van der Waals surface area contributed by atoms with Crippen molar-refractivity contribution in [3.8, 4) is 0 Å². The van der Waals surface area contributed by atoms with Crippen molar-refractivity contribution in [2.45, 2.75) is 41.4 Å². The van der Waals surface area contributed by atoms with Crippen molar-refractivity contribution >= 4 is 34.7 Å². The summed E-state index contributed by atoms with van der Waals surface area (Å²) in [6, 6.07) is 23.4. The first-order valence-corrected chi connectivity index (χ1v) is 13.7. The van der Waals surface area contributed by atoms with Gasteiger partial charge in [-0.25, -0.2) is 4.39 Å². The molecule has 0 aliphatic carbocycles. The smallest absolute Gasteiger partial charge is 0.123 e. The van der Waals surface area contributed by atoms with E-state index in [1.165, 1.54) is 17.7 Å². The Morgan fingerprint density at radius 1 is 1.03 bits per heavy atom. The second-order valence-corrected chi connectivity index (χ2v) is 11.2. The molecular formula is C28H26ClFN2S2. The van der Waals surface area contributed by atoms with E-state index < -0.39 is 0 Å². The monoisotopic (exact) mass is 508 g/mol. The molecule has 0 amide bonds. The van der Waals surface area contributed by atoms with Crippen molar-refractivity contribution in [1.29, 1.82) is 0 Å². The van der Waals surface area contributed by atoms with E-state index in [9.17, 15) is 4.39 Å². The second-order valence-electron chi connectivity index (χ2n) is 8.65. The molecule has 2 aromatic heterocycles. The van der Waals surface area contributed by atoms with Crippen molar-refractivity contribution in [2.24, 2.45) is 0 Å². The Hall–Kier alpha value is -2.18. The lowest BCUT2D eigenvalue weighted by molar-refractivity contribution is 0.309. The Bertz CT molecular complexity index is 1220. The quantitative estimate of drug-likeness (QED) is 0.279. The summed E-state index contributed by atoms with van der Waals surface area (Å²) >= 11 is 9.99. The number of aryl methyl sites for hydroxylation is 2. The maximum absolute atomic E-state index is 13.2. The van der Waals surface area contributed by atoms with Gasteiger partial charge >= 0.3 is 0 Å². The zero-order valence-corrected chi connectivity index (χ0v) is 21.1. The van der Waals surface area contributed by atoms with Gasteiger partial charge in [-0.05, 0) is 90.0 Å². The van der Waals surface area contributed by atoms with Crippen LogP contribution < -0.4 is 5.32 Å². The van der Waals surface area contributed by atoms with Gasteiger partial charge in [0, 0.05) is 22.4 Å². The van der Waals surface area contributed by atoms with E-state index in [4.69, 9.17) is 16.6 Å². The van der Waals surface area contributed by atoms with E-state index in [1.54, 1.807) is 11.3 Å². The van der Waals surface area contributed by atoms with E-state index >= 15 is 0 Å². The van der Waals surface area contributed by atoms with E-state index in [-0.39, 0.29) is 11.4 Å². The van der Waals surface area contributed by atoms with Gasteiger partial charge in [-0.3, -0.25) is 4.98 Å². The van der Waals surface area contributed by atoms with Crippen LogP contribution in [-0.4, -0.2) is 16.8 Å². The summed E-state index contributed by atoms with van der Waals surface area (Å²) in [7, 11) is 0. The molecule has 1 aliphatic rings. The largest absolute Gasteiger partial charge is 0.301 e. The van der Waals surface area contributed by atoms with Gasteiger partial charge in [-0.15, -0.1) is 11.8 Å². The Balaban J connectivity index is 1.34. The molecule has 174 valence electrons. The molecule has 0 radical (unpaired) electrons. The summed E-state index contributed by atoms with van der Waals surface area (Å²) in [5.41, 5.74) is 4.25. The maximum Gasteiger partial charge on any atom is 0.123 e. The molecule has 0 spiro atoms. The summed E-state index contributed by atoms with van der Waals surface area (Å²) in [5, 5.41) is 9.53. The highest BCUT2D eigenvalue weighted by molar-refractivity contribution is 8.00. The lowest BCUT2D eigenvalue weighted by Gasteiger charge is -2.41. The van der Waals surface area contributed by atoms with Gasteiger partial charge in [-0.2, -0.15) is 11.3 Å². The van der Waals surface area contributed by atoms with E-state index in [0.29, 0.717) is 5.25 Å². The number of benzene rings is 2. The van der Waals surface area contributed by atoms with Gasteiger partial charge in [0.15, 0.2) is 0 Å². The predicted octanol–water partition coefficient (Wildman–Crippen LogP) is 7.51. The molecule has 6 heteroatoms. The number of halogens is 2. The highest BCUT2D eigenvalue weighted by Gasteiger charge is 2.40. The molecule has 1 aliphatic heterocycles. The minimum Gasteiger partial charge on any atom is -0.301 e. The average molecular weight is 509 g/mol. The summed E-state index contributed by atoms with van der Waals surface area (Å²) < 4.78 is 13.2. The molecule has 1 N–H and O–H groups in total. The van der Waals surface area contributed by atoms with Gasteiger partial charge in [-0.1, -0.05) is 41.9 Å². The Labute approximate surface area is 213 Å². The number of hydrogen-bond donors (Lipinski definition) is 1. The topological polar surface area (TPSA) is 24.9 Å². The second kappa shape index (κ2) is 10.6. The Morgan fingerprint density at radius 2 is 1.88 bits per heavy atom. The minimum absolute atomic E-state index is 0.198.